The third-order valence-electron chi connectivity index (χ3n) is 0.557. The Kier molecular flexibility index (Phi) is 3.84. The number of aliphatic imine (C=N–C) groups is 1. The van der Waals surface area contributed by atoms with Crippen molar-refractivity contribution in [2.45, 2.75) is 19.9 Å². The molecule has 0 aromatic carbocycles. The van der Waals surface area contributed by atoms with Gasteiger partial charge in [0.1, 0.15) is 6.34 Å². The minimum absolute atomic E-state index is 0.402. The topological polar surface area (TPSA) is 48.2 Å². The predicted octanol–water partition coefficient (Wildman–Crippen LogP) is 0.620. The minimum atomic E-state index is 0.402. The van der Waals surface area contributed by atoms with Crippen molar-refractivity contribution in [2.75, 3.05) is 0 Å². The van der Waals surface area contributed by atoms with E-state index < -0.39 is 0 Å². The minimum Gasteiger partial charge on any atom is -0.374 e. The lowest BCUT2D eigenvalue weighted by Gasteiger charge is -1.99. The summed E-state index contributed by atoms with van der Waals surface area (Å²) >= 11 is 0. The summed E-state index contributed by atoms with van der Waals surface area (Å²) in [6.07, 6.45) is 2.51. The quantitative estimate of drug-likeness (QED) is 0.409. The molecule has 0 amide bonds. The lowest BCUT2D eigenvalue weighted by Crippen LogP contribution is -2.20. The van der Waals surface area contributed by atoms with Crippen LogP contribution in [-0.2, 0) is 0 Å². The van der Waals surface area contributed by atoms with Crippen molar-refractivity contribution >= 4 is 12.7 Å². The molecular formula is C5H11N3. The van der Waals surface area contributed by atoms with Gasteiger partial charge in [0.05, 0.1) is 6.34 Å². The Morgan fingerprint density at radius 2 is 2.25 bits per heavy atom. The summed E-state index contributed by atoms with van der Waals surface area (Å²) in [5.41, 5.74) is 0. The van der Waals surface area contributed by atoms with Gasteiger partial charge in [0.25, 0.3) is 0 Å². The Hall–Kier alpha value is -0.860. The van der Waals surface area contributed by atoms with Gasteiger partial charge in [-0.25, -0.2) is 4.99 Å². The standard InChI is InChI=1S/C5H11N3/c1-5(2)8-4-7-3-6/h3-5H,1-2H3,(H2,6,7,8). The van der Waals surface area contributed by atoms with Crippen LogP contribution >= 0.6 is 0 Å². The van der Waals surface area contributed by atoms with Crippen molar-refractivity contribution < 1.29 is 0 Å². The van der Waals surface area contributed by atoms with Crippen molar-refractivity contribution in [1.82, 2.24) is 5.32 Å². The molecule has 0 saturated carbocycles. The molecule has 2 N–H and O–H groups in total. The number of hydrogen-bond donors (Lipinski definition) is 2. The molecule has 3 nitrogen and oxygen atoms in total. The third-order valence-corrected chi connectivity index (χ3v) is 0.557. The van der Waals surface area contributed by atoms with E-state index in [9.17, 15) is 0 Å². The van der Waals surface area contributed by atoms with Gasteiger partial charge in [-0.2, -0.15) is 0 Å². The molecular weight excluding hydrogens is 102 g/mol. The molecule has 0 aromatic rings. The van der Waals surface area contributed by atoms with Crippen LogP contribution in [0.5, 0.6) is 0 Å². The maximum Gasteiger partial charge on any atom is 0.108 e. The van der Waals surface area contributed by atoms with E-state index in [1.165, 1.54) is 6.34 Å². The first-order valence-electron chi connectivity index (χ1n) is 2.54. The second-order valence-corrected chi connectivity index (χ2v) is 1.73. The molecule has 0 bridgehead atoms. The predicted molar refractivity (Wildman–Crippen MR) is 35.5 cm³/mol. The average molecular weight is 113 g/mol. The maximum atomic E-state index is 6.48. The molecule has 0 fully saturated rings. The molecule has 8 heavy (non-hydrogen) atoms. The van der Waals surface area contributed by atoms with Crippen molar-refractivity contribution in [2.24, 2.45) is 4.99 Å². The zero-order valence-electron chi connectivity index (χ0n) is 5.18. The molecule has 0 aliphatic carbocycles. The SMILES string of the molecule is CC(C)N/C=N\C=N. The first kappa shape index (κ1) is 7.14. The van der Waals surface area contributed by atoms with Crippen LogP contribution in [0.2, 0.25) is 0 Å². The molecule has 3 heteroatoms. The van der Waals surface area contributed by atoms with E-state index in [1.54, 1.807) is 0 Å². The molecule has 0 radical (unpaired) electrons. The highest BCUT2D eigenvalue weighted by molar-refractivity contribution is 5.68. The Labute approximate surface area is 49.3 Å². The monoisotopic (exact) mass is 113 g/mol. The van der Waals surface area contributed by atoms with E-state index >= 15 is 0 Å². The highest BCUT2D eigenvalue weighted by atomic mass is 15.0. The fourth-order valence-corrected chi connectivity index (χ4v) is 0.229. The normalized spacial score (nSPS) is 10.4. The molecule has 0 heterocycles. The van der Waals surface area contributed by atoms with Gasteiger partial charge in [-0.15, -0.1) is 0 Å². The van der Waals surface area contributed by atoms with Crippen molar-refractivity contribution in [3.05, 3.63) is 0 Å². The van der Waals surface area contributed by atoms with E-state index in [0.29, 0.717) is 6.04 Å². The van der Waals surface area contributed by atoms with Gasteiger partial charge in [0.15, 0.2) is 0 Å². The number of nitrogens with one attached hydrogen (secondary N) is 2. The van der Waals surface area contributed by atoms with Gasteiger partial charge in [0.2, 0.25) is 0 Å². The average Bonchev–Trinajstić information content (AvgIpc) is 1.66. The van der Waals surface area contributed by atoms with Gasteiger partial charge < -0.3 is 5.32 Å². The van der Waals surface area contributed by atoms with E-state index in [-0.39, 0.29) is 0 Å². The third kappa shape index (κ3) is 5.14. The second kappa shape index (κ2) is 4.30. The fraction of sp³-hybridized carbons (Fsp3) is 0.600. The molecule has 46 valence electrons. The molecule has 0 atom stereocenters. The summed E-state index contributed by atoms with van der Waals surface area (Å²) in [6, 6.07) is 0.402. The molecule has 0 aromatic heterocycles. The van der Waals surface area contributed by atoms with Crippen LogP contribution in [0.15, 0.2) is 4.99 Å². The fourth-order valence-electron chi connectivity index (χ4n) is 0.229. The molecule has 0 aliphatic rings. The Bertz CT molecular complexity index is 85.7. The first-order valence-corrected chi connectivity index (χ1v) is 2.54. The second-order valence-electron chi connectivity index (χ2n) is 1.73. The summed E-state index contributed by atoms with van der Waals surface area (Å²) in [7, 11) is 0. The van der Waals surface area contributed by atoms with E-state index in [4.69, 9.17) is 5.41 Å². The molecule has 0 aliphatic heterocycles. The summed E-state index contributed by atoms with van der Waals surface area (Å²) in [6.45, 7) is 4.02. The zero-order chi connectivity index (χ0) is 6.41. The van der Waals surface area contributed by atoms with Crippen LogP contribution in [0.25, 0.3) is 0 Å². The molecule has 0 saturated heterocycles. The Balaban J connectivity index is 3.15. The van der Waals surface area contributed by atoms with E-state index in [1.807, 2.05) is 13.8 Å². The van der Waals surface area contributed by atoms with E-state index in [2.05, 4.69) is 10.3 Å². The summed E-state index contributed by atoms with van der Waals surface area (Å²) < 4.78 is 0. The number of rotatable bonds is 3. The highest BCUT2D eigenvalue weighted by Crippen LogP contribution is 1.69. The van der Waals surface area contributed by atoms with Crippen LogP contribution in [0.3, 0.4) is 0 Å². The first-order chi connectivity index (χ1) is 3.77. The van der Waals surface area contributed by atoms with Crippen LogP contribution in [-0.4, -0.2) is 18.7 Å². The summed E-state index contributed by atoms with van der Waals surface area (Å²) in [5.74, 6) is 0. The zero-order valence-corrected chi connectivity index (χ0v) is 5.18. The van der Waals surface area contributed by atoms with Crippen molar-refractivity contribution in [3.63, 3.8) is 0 Å². The van der Waals surface area contributed by atoms with Crippen LogP contribution in [0.1, 0.15) is 13.8 Å². The lowest BCUT2D eigenvalue weighted by molar-refractivity contribution is 0.744. The van der Waals surface area contributed by atoms with Gasteiger partial charge in [-0.3, -0.25) is 5.41 Å². The lowest BCUT2D eigenvalue weighted by atomic mass is 10.4. The van der Waals surface area contributed by atoms with Crippen LogP contribution < -0.4 is 5.32 Å². The van der Waals surface area contributed by atoms with E-state index in [0.717, 1.165) is 6.34 Å². The molecule has 0 spiro atoms. The Morgan fingerprint density at radius 3 is 2.62 bits per heavy atom. The van der Waals surface area contributed by atoms with Crippen molar-refractivity contribution in [3.8, 4) is 0 Å². The Morgan fingerprint density at radius 1 is 1.62 bits per heavy atom. The maximum absolute atomic E-state index is 6.48. The smallest absolute Gasteiger partial charge is 0.108 e. The summed E-state index contributed by atoms with van der Waals surface area (Å²) in [4.78, 5) is 3.52. The van der Waals surface area contributed by atoms with Gasteiger partial charge in [0, 0.05) is 6.04 Å². The summed E-state index contributed by atoms with van der Waals surface area (Å²) in [5, 5.41) is 9.39. The van der Waals surface area contributed by atoms with Crippen molar-refractivity contribution in [1.29, 1.82) is 5.41 Å². The van der Waals surface area contributed by atoms with Crippen LogP contribution in [0.4, 0.5) is 0 Å². The number of nitrogens with zero attached hydrogens (tertiary/aromatic N) is 1. The van der Waals surface area contributed by atoms with Gasteiger partial charge in [-0.05, 0) is 13.8 Å². The highest BCUT2D eigenvalue weighted by Gasteiger charge is 1.81. The number of hydrogen-bond acceptors (Lipinski definition) is 1. The molecule has 0 unspecified atom stereocenters. The van der Waals surface area contributed by atoms with Gasteiger partial charge >= 0.3 is 0 Å². The van der Waals surface area contributed by atoms with Gasteiger partial charge in [-0.1, -0.05) is 0 Å². The molecule has 0 rings (SSSR count). The van der Waals surface area contributed by atoms with Crippen LogP contribution in [0, 0.1) is 5.41 Å². The largest absolute Gasteiger partial charge is 0.374 e.